The van der Waals surface area contributed by atoms with Gasteiger partial charge in [-0.1, -0.05) is 18.2 Å². The molecule has 0 saturated carbocycles. The highest BCUT2D eigenvalue weighted by molar-refractivity contribution is 9.10. The Morgan fingerprint density at radius 3 is 2.29 bits per heavy atom. The van der Waals surface area contributed by atoms with Crippen molar-refractivity contribution in [3.05, 3.63) is 58.3 Å². The third kappa shape index (κ3) is 3.83. The molecule has 6 heteroatoms. The zero-order valence-corrected chi connectivity index (χ0v) is 14.0. The van der Waals surface area contributed by atoms with Crippen molar-refractivity contribution < 1.29 is 12.8 Å². The Bertz CT molecular complexity index is 725. The molecule has 0 aliphatic rings. The average Bonchev–Trinajstić information content (AvgIpc) is 2.42. The van der Waals surface area contributed by atoms with Crippen molar-refractivity contribution >= 4 is 31.5 Å². The molecule has 1 atom stereocenters. The number of sulfone groups is 1. The van der Waals surface area contributed by atoms with Crippen molar-refractivity contribution in [1.82, 2.24) is 0 Å². The van der Waals surface area contributed by atoms with Crippen LogP contribution in [0.25, 0.3) is 0 Å². The maximum Gasteiger partial charge on any atom is 0.175 e. The molecule has 21 heavy (non-hydrogen) atoms. The summed E-state index contributed by atoms with van der Waals surface area (Å²) >= 11 is 3.30. The zero-order chi connectivity index (χ0) is 15.6. The van der Waals surface area contributed by atoms with Crippen molar-refractivity contribution in [2.24, 2.45) is 0 Å². The summed E-state index contributed by atoms with van der Waals surface area (Å²) in [6.07, 6.45) is 1.17. The van der Waals surface area contributed by atoms with Gasteiger partial charge in [0.2, 0.25) is 0 Å². The number of benzene rings is 2. The predicted molar refractivity (Wildman–Crippen MR) is 85.7 cm³/mol. The van der Waals surface area contributed by atoms with E-state index in [1.165, 1.54) is 12.3 Å². The van der Waals surface area contributed by atoms with Crippen LogP contribution in [0.4, 0.5) is 10.1 Å². The fraction of sp³-hybridized carbons (Fsp3) is 0.200. The van der Waals surface area contributed by atoms with Gasteiger partial charge >= 0.3 is 0 Å². The first-order valence-electron chi connectivity index (χ1n) is 6.29. The van der Waals surface area contributed by atoms with Gasteiger partial charge in [0.1, 0.15) is 5.82 Å². The van der Waals surface area contributed by atoms with Crippen molar-refractivity contribution in [2.45, 2.75) is 17.9 Å². The minimum absolute atomic E-state index is 0.160. The summed E-state index contributed by atoms with van der Waals surface area (Å²) in [5.41, 5.74) is 1.26. The second kappa shape index (κ2) is 6.15. The fourth-order valence-electron chi connectivity index (χ4n) is 1.94. The van der Waals surface area contributed by atoms with Gasteiger partial charge in [0.25, 0.3) is 0 Å². The first kappa shape index (κ1) is 16.0. The Morgan fingerprint density at radius 1 is 1.14 bits per heavy atom. The van der Waals surface area contributed by atoms with Crippen LogP contribution in [0.3, 0.4) is 0 Å². The SMILES string of the molecule is CC(Nc1c(F)cccc1Br)c1ccc(S(C)(=O)=O)cc1. The monoisotopic (exact) mass is 371 g/mol. The van der Waals surface area contributed by atoms with Crippen LogP contribution in [-0.4, -0.2) is 14.7 Å². The number of hydrogen-bond acceptors (Lipinski definition) is 3. The highest BCUT2D eigenvalue weighted by Gasteiger charge is 2.12. The molecule has 0 amide bonds. The number of hydrogen-bond donors (Lipinski definition) is 1. The van der Waals surface area contributed by atoms with E-state index in [0.717, 1.165) is 5.56 Å². The molecule has 0 radical (unpaired) electrons. The average molecular weight is 372 g/mol. The number of nitrogens with one attached hydrogen (secondary N) is 1. The van der Waals surface area contributed by atoms with E-state index in [1.807, 2.05) is 6.92 Å². The maximum absolute atomic E-state index is 13.8. The highest BCUT2D eigenvalue weighted by atomic mass is 79.9. The maximum atomic E-state index is 13.8. The van der Waals surface area contributed by atoms with Crippen molar-refractivity contribution in [2.75, 3.05) is 11.6 Å². The fourth-order valence-corrected chi connectivity index (χ4v) is 3.03. The molecule has 112 valence electrons. The molecule has 0 aromatic heterocycles. The third-order valence-corrected chi connectivity index (χ3v) is 4.92. The third-order valence-electron chi connectivity index (χ3n) is 3.13. The van der Waals surface area contributed by atoms with E-state index < -0.39 is 9.84 Å². The van der Waals surface area contributed by atoms with Gasteiger partial charge in [-0.25, -0.2) is 12.8 Å². The standard InChI is InChI=1S/C15H15BrFNO2S/c1-10(18-15-13(16)4-3-5-14(15)17)11-6-8-12(9-7-11)21(2,19)20/h3-10,18H,1-2H3. The molecule has 0 heterocycles. The van der Waals surface area contributed by atoms with Gasteiger partial charge in [0, 0.05) is 16.8 Å². The summed E-state index contributed by atoms with van der Waals surface area (Å²) in [4.78, 5) is 0.269. The van der Waals surface area contributed by atoms with Gasteiger partial charge < -0.3 is 5.32 Å². The molecule has 0 saturated heterocycles. The Kier molecular flexibility index (Phi) is 4.68. The Morgan fingerprint density at radius 2 is 1.76 bits per heavy atom. The molecule has 0 fully saturated rings. The van der Waals surface area contributed by atoms with Crippen LogP contribution in [0, 0.1) is 5.82 Å². The summed E-state index contributed by atoms with van der Waals surface area (Å²) in [6.45, 7) is 1.88. The lowest BCUT2D eigenvalue weighted by Crippen LogP contribution is -2.09. The van der Waals surface area contributed by atoms with Crippen molar-refractivity contribution in [1.29, 1.82) is 0 Å². The number of rotatable bonds is 4. The first-order chi connectivity index (χ1) is 9.79. The molecular formula is C15H15BrFNO2S. The van der Waals surface area contributed by atoms with E-state index in [1.54, 1.807) is 36.4 Å². The van der Waals surface area contributed by atoms with Gasteiger partial charge in [-0.15, -0.1) is 0 Å². The zero-order valence-electron chi connectivity index (χ0n) is 11.6. The second-order valence-corrected chi connectivity index (χ2v) is 7.67. The van der Waals surface area contributed by atoms with Gasteiger partial charge in [-0.2, -0.15) is 0 Å². The molecule has 1 N–H and O–H groups in total. The lowest BCUT2D eigenvalue weighted by atomic mass is 10.1. The van der Waals surface area contributed by atoms with Gasteiger partial charge in [0.15, 0.2) is 9.84 Å². The van der Waals surface area contributed by atoms with Crippen molar-refractivity contribution in [3.8, 4) is 0 Å². The minimum atomic E-state index is -3.21. The predicted octanol–water partition coefficient (Wildman–Crippen LogP) is 4.16. The number of para-hydroxylation sites is 1. The molecular weight excluding hydrogens is 357 g/mol. The Labute approximate surface area is 132 Å². The molecule has 0 aliphatic carbocycles. The summed E-state index contributed by atoms with van der Waals surface area (Å²) in [5, 5.41) is 3.08. The molecule has 0 spiro atoms. The quantitative estimate of drug-likeness (QED) is 0.877. The van der Waals surface area contributed by atoms with Crippen LogP contribution >= 0.6 is 15.9 Å². The Balaban J connectivity index is 2.23. The first-order valence-corrected chi connectivity index (χ1v) is 8.98. The summed E-state index contributed by atoms with van der Waals surface area (Å²) in [5.74, 6) is -0.344. The van der Waals surface area contributed by atoms with E-state index in [-0.39, 0.29) is 16.8 Å². The normalized spacial score (nSPS) is 13.0. The van der Waals surface area contributed by atoms with Crippen LogP contribution in [0.5, 0.6) is 0 Å². The molecule has 2 rings (SSSR count). The molecule has 2 aromatic rings. The van der Waals surface area contributed by atoms with Crippen LogP contribution in [0.1, 0.15) is 18.5 Å². The van der Waals surface area contributed by atoms with Gasteiger partial charge in [0.05, 0.1) is 10.6 Å². The molecule has 0 aliphatic heterocycles. The second-order valence-electron chi connectivity index (χ2n) is 4.80. The summed E-state index contributed by atoms with van der Waals surface area (Å²) < 4.78 is 37.3. The summed E-state index contributed by atoms with van der Waals surface area (Å²) in [7, 11) is -3.21. The van der Waals surface area contributed by atoms with Crippen LogP contribution in [0.15, 0.2) is 51.8 Å². The van der Waals surface area contributed by atoms with E-state index in [4.69, 9.17) is 0 Å². The van der Waals surface area contributed by atoms with E-state index in [9.17, 15) is 12.8 Å². The molecule has 3 nitrogen and oxygen atoms in total. The van der Waals surface area contributed by atoms with Crippen LogP contribution in [-0.2, 0) is 9.84 Å². The Hall–Kier alpha value is -1.40. The molecule has 2 aromatic carbocycles. The lowest BCUT2D eigenvalue weighted by molar-refractivity contribution is 0.602. The van der Waals surface area contributed by atoms with Crippen molar-refractivity contribution in [3.63, 3.8) is 0 Å². The van der Waals surface area contributed by atoms with E-state index >= 15 is 0 Å². The molecule has 0 bridgehead atoms. The smallest absolute Gasteiger partial charge is 0.175 e. The lowest BCUT2D eigenvalue weighted by Gasteiger charge is -2.17. The number of halogens is 2. The minimum Gasteiger partial charge on any atom is -0.375 e. The summed E-state index contributed by atoms with van der Waals surface area (Å²) in [6, 6.07) is 11.2. The van der Waals surface area contributed by atoms with Crippen LogP contribution < -0.4 is 5.32 Å². The highest BCUT2D eigenvalue weighted by Crippen LogP contribution is 2.29. The molecule has 1 unspecified atom stereocenters. The van der Waals surface area contributed by atoms with Gasteiger partial charge in [-0.3, -0.25) is 0 Å². The topological polar surface area (TPSA) is 46.2 Å². The number of anilines is 1. The van der Waals surface area contributed by atoms with Gasteiger partial charge in [-0.05, 0) is 52.7 Å². The van der Waals surface area contributed by atoms with E-state index in [2.05, 4.69) is 21.2 Å². The van der Waals surface area contributed by atoms with E-state index in [0.29, 0.717) is 10.2 Å². The van der Waals surface area contributed by atoms with Crippen LogP contribution in [0.2, 0.25) is 0 Å². The largest absolute Gasteiger partial charge is 0.375 e.